The molecule has 2 saturated heterocycles. The first-order valence-corrected chi connectivity index (χ1v) is 11.4. The molecule has 6 nitrogen and oxygen atoms in total. The first-order valence-electron chi connectivity index (χ1n) is 10.2. The van der Waals surface area contributed by atoms with E-state index >= 15 is 0 Å². The molecule has 0 aromatic heterocycles. The van der Waals surface area contributed by atoms with Crippen LogP contribution in [0.15, 0.2) is 4.99 Å². The maximum absolute atomic E-state index is 12.6. The Morgan fingerprint density at radius 2 is 1.78 bits per heavy atom. The Hall–Kier alpha value is -1.11. The molecule has 2 heterocycles. The predicted octanol–water partition coefficient (Wildman–Crippen LogP) is 3.61. The molecular formula is C20H38N4O2S. The molecule has 2 aliphatic heterocycles. The number of piperidine rings is 1. The van der Waals surface area contributed by atoms with E-state index in [4.69, 9.17) is 9.73 Å². The fourth-order valence-corrected chi connectivity index (χ4v) is 3.95. The van der Waals surface area contributed by atoms with Crippen molar-refractivity contribution in [2.75, 3.05) is 19.3 Å². The van der Waals surface area contributed by atoms with Crippen LogP contribution in [-0.4, -0.2) is 64.8 Å². The second kappa shape index (κ2) is 8.93. The van der Waals surface area contributed by atoms with Crippen LogP contribution in [0.3, 0.4) is 0 Å². The smallest absolute Gasteiger partial charge is 0.410 e. The van der Waals surface area contributed by atoms with Crippen LogP contribution < -0.4 is 10.6 Å². The Morgan fingerprint density at radius 1 is 1.19 bits per heavy atom. The van der Waals surface area contributed by atoms with Crippen LogP contribution in [0.5, 0.6) is 0 Å². The third-order valence-electron chi connectivity index (χ3n) is 5.19. The highest BCUT2D eigenvalue weighted by Gasteiger charge is 2.45. The first kappa shape index (κ1) is 22.2. The van der Waals surface area contributed by atoms with Crippen LogP contribution >= 0.6 is 11.8 Å². The third-order valence-corrected chi connectivity index (χ3v) is 6.43. The summed E-state index contributed by atoms with van der Waals surface area (Å²) in [5, 5.41) is 6.98. The monoisotopic (exact) mass is 398 g/mol. The second-order valence-electron chi connectivity index (χ2n) is 9.24. The van der Waals surface area contributed by atoms with Gasteiger partial charge >= 0.3 is 6.09 Å². The van der Waals surface area contributed by atoms with Crippen LogP contribution in [0.4, 0.5) is 4.79 Å². The number of nitrogens with zero attached hydrogens (tertiary/aromatic N) is 2. The fraction of sp³-hybridized carbons (Fsp3) is 0.900. The van der Waals surface area contributed by atoms with Crippen molar-refractivity contribution >= 4 is 23.8 Å². The van der Waals surface area contributed by atoms with Crippen molar-refractivity contribution in [1.82, 2.24) is 15.5 Å². The predicted molar refractivity (Wildman–Crippen MR) is 115 cm³/mol. The SMILES string of the molecule is CCNC(=NCC(C)(C)SC)NC1CC2CCC(C1)N2C(=O)OC(C)(C)C. The van der Waals surface area contributed by atoms with Crippen molar-refractivity contribution < 1.29 is 9.53 Å². The number of hydrogen-bond donors (Lipinski definition) is 2. The van der Waals surface area contributed by atoms with Crippen molar-refractivity contribution in [2.24, 2.45) is 4.99 Å². The number of carbonyl (C=O) groups excluding carboxylic acids is 1. The standard InChI is InChI=1S/C20H38N4O2S/c1-8-21-17(22-13-20(5,6)27-7)23-14-11-15-9-10-16(12-14)24(15)18(25)26-19(2,3)4/h14-16H,8-13H2,1-7H3,(H2,21,22,23). The normalized spacial score (nSPS) is 26.1. The molecule has 2 unspecified atom stereocenters. The number of thioether (sulfide) groups is 1. The zero-order valence-electron chi connectivity index (χ0n) is 18.1. The van der Waals surface area contributed by atoms with Gasteiger partial charge in [0.2, 0.25) is 0 Å². The maximum Gasteiger partial charge on any atom is 0.410 e. The average molecular weight is 399 g/mol. The number of nitrogens with one attached hydrogen (secondary N) is 2. The molecule has 0 aliphatic carbocycles. The number of ether oxygens (including phenoxy) is 1. The minimum absolute atomic E-state index is 0.126. The number of aliphatic imine (C=N–C) groups is 1. The molecule has 2 bridgehead atoms. The zero-order valence-corrected chi connectivity index (χ0v) is 18.9. The van der Waals surface area contributed by atoms with Crippen molar-refractivity contribution in [3.05, 3.63) is 0 Å². The van der Waals surface area contributed by atoms with Gasteiger partial charge < -0.3 is 20.3 Å². The van der Waals surface area contributed by atoms with Crippen molar-refractivity contribution in [2.45, 2.75) is 95.7 Å². The number of guanidine groups is 1. The molecule has 2 rings (SSSR count). The number of hydrogen-bond acceptors (Lipinski definition) is 4. The topological polar surface area (TPSA) is 66.0 Å². The highest BCUT2D eigenvalue weighted by Crippen LogP contribution is 2.36. The summed E-state index contributed by atoms with van der Waals surface area (Å²) in [4.78, 5) is 19.4. The molecule has 0 saturated carbocycles. The molecule has 2 atom stereocenters. The molecule has 27 heavy (non-hydrogen) atoms. The van der Waals surface area contributed by atoms with E-state index in [9.17, 15) is 4.79 Å². The molecular weight excluding hydrogens is 360 g/mol. The Kier molecular flexibility index (Phi) is 7.33. The lowest BCUT2D eigenvalue weighted by Gasteiger charge is -2.40. The molecule has 0 spiro atoms. The molecule has 156 valence electrons. The largest absolute Gasteiger partial charge is 0.444 e. The van der Waals surface area contributed by atoms with Gasteiger partial charge in [-0.1, -0.05) is 0 Å². The average Bonchev–Trinajstić information content (AvgIpc) is 2.83. The van der Waals surface area contributed by atoms with E-state index in [2.05, 4.69) is 37.7 Å². The molecule has 0 aromatic rings. The molecule has 0 aromatic carbocycles. The van der Waals surface area contributed by atoms with E-state index in [0.717, 1.165) is 44.7 Å². The summed E-state index contributed by atoms with van der Waals surface area (Å²) in [7, 11) is 0. The van der Waals surface area contributed by atoms with Gasteiger partial charge in [-0.05, 0) is 73.5 Å². The quantitative estimate of drug-likeness (QED) is 0.547. The van der Waals surface area contributed by atoms with E-state index in [1.54, 1.807) is 0 Å². The summed E-state index contributed by atoms with van der Waals surface area (Å²) in [5.41, 5.74) is -0.444. The number of rotatable bonds is 5. The van der Waals surface area contributed by atoms with Gasteiger partial charge in [0.1, 0.15) is 5.60 Å². The summed E-state index contributed by atoms with van der Waals surface area (Å²) in [6.07, 6.45) is 6.00. The third kappa shape index (κ3) is 6.47. The van der Waals surface area contributed by atoms with Gasteiger partial charge in [-0.25, -0.2) is 4.79 Å². The van der Waals surface area contributed by atoms with E-state index in [-0.39, 0.29) is 22.9 Å². The van der Waals surface area contributed by atoms with Crippen molar-refractivity contribution in [1.29, 1.82) is 0 Å². The van der Waals surface area contributed by atoms with Crippen molar-refractivity contribution in [3.8, 4) is 0 Å². The number of fused-ring (bicyclic) bond motifs is 2. The lowest BCUT2D eigenvalue weighted by molar-refractivity contribution is 0.00545. The summed E-state index contributed by atoms with van der Waals surface area (Å²) in [6.45, 7) is 13.9. The molecule has 7 heteroatoms. The summed E-state index contributed by atoms with van der Waals surface area (Å²) in [5.74, 6) is 0.884. The molecule has 2 aliphatic rings. The Morgan fingerprint density at radius 3 is 2.26 bits per heavy atom. The number of amides is 1. The van der Waals surface area contributed by atoms with E-state index in [1.807, 2.05) is 37.4 Å². The maximum atomic E-state index is 12.6. The van der Waals surface area contributed by atoms with Gasteiger partial charge in [0.05, 0.1) is 6.54 Å². The van der Waals surface area contributed by atoms with Gasteiger partial charge in [-0.3, -0.25) is 4.99 Å². The Bertz CT molecular complexity index is 531. The molecule has 2 fully saturated rings. The van der Waals surface area contributed by atoms with Gasteiger partial charge in [0.15, 0.2) is 5.96 Å². The summed E-state index contributed by atoms with van der Waals surface area (Å²) >= 11 is 1.83. The lowest BCUT2D eigenvalue weighted by Crippen LogP contribution is -2.55. The van der Waals surface area contributed by atoms with Crippen LogP contribution in [-0.2, 0) is 4.74 Å². The summed E-state index contributed by atoms with van der Waals surface area (Å²) in [6, 6.07) is 0.875. The summed E-state index contributed by atoms with van der Waals surface area (Å²) < 4.78 is 5.76. The van der Waals surface area contributed by atoms with Crippen molar-refractivity contribution in [3.63, 3.8) is 0 Å². The highest BCUT2D eigenvalue weighted by atomic mass is 32.2. The zero-order chi connectivity index (χ0) is 20.2. The van der Waals surface area contributed by atoms with Crippen LogP contribution in [0.1, 0.15) is 67.2 Å². The van der Waals surface area contributed by atoms with E-state index in [1.165, 1.54) is 0 Å². The minimum atomic E-state index is -0.444. The van der Waals surface area contributed by atoms with E-state index in [0.29, 0.717) is 6.04 Å². The molecule has 2 N–H and O–H groups in total. The van der Waals surface area contributed by atoms with Crippen LogP contribution in [0, 0.1) is 0 Å². The van der Waals surface area contributed by atoms with Crippen LogP contribution in [0.25, 0.3) is 0 Å². The highest BCUT2D eigenvalue weighted by molar-refractivity contribution is 7.99. The molecule has 1 amide bonds. The Balaban J connectivity index is 1.98. The second-order valence-corrected chi connectivity index (χ2v) is 10.8. The van der Waals surface area contributed by atoms with Gasteiger partial charge in [-0.15, -0.1) is 0 Å². The molecule has 0 radical (unpaired) electrons. The van der Waals surface area contributed by atoms with E-state index < -0.39 is 5.60 Å². The minimum Gasteiger partial charge on any atom is -0.444 e. The lowest BCUT2D eigenvalue weighted by atomic mass is 9.98. The van der Waals surface area contributed by atoms with Gasteiger partial charge in [0, 0.05) is 29.4 Å². The fourth-order valence-electron chi connectivity index (χ4n) is 3.75. The first-order chi connectivity index (χ1) is 12.5. The van der Waals surface area contributed by atoms with Gasteiger partial charge in [-0.2, -0.15) is 11.8 Å². The van der Waals surface area contributed by atoms with Gasteiger partial charge in [0.25, 0.3) is 0 Å². The Labute approximate surface area is 169 Å². The van der Waals surface area contributed by atoms with Crippen LogP contribution in [0.2, 0.25) is 0 Å². The number of carbonyl (C=O) groups is 1.